The highest BCUT2D eigenvalue weighted by atomic mass is 15.3. The smallest absolute Gasteiger partial charge is 0.191 e. The second-order valence-corrected chi connectivity index (χ2v) is 7.62. The zero-order valence-electron chi connectivity index (χ0n) is 17.4. The number of aliphatic imine (C=N–C) groups is 1. The van der Waals surface area contributed by atoms with Crippen molar-refractivity contribution in [1.29, 1.82) is 0 Å². The molecule has 1 aliphatic rings. The number of rotatable bonds is 7. The largest absolute Gasteiger partial charge is 0.357 e. The van der Waals surface area contributed by atoms with Gasteiger partial charge >= 0.3 is 0 Å². The maximum atomic E-state index is 4.69. The number of hydrogen-bond donors (Lipinski definition) is 2. The van der Waals surface area contributed by atoms with E-state index in [0.29, 0.717) is 13.1 Å². The monoisotopic (exact) mass is 383 g/mol. The lowest BCUT2D eigenvalue weighted by molar-refractivity contribution is 0.185. The van der Waals surface area contributed by atoms with Gasteiger partial charge in [-0.15, -0.1) is 0 Å². The topological polar surface area (TPSA) is 70.4 Å². The molecule has 0 atom stereocenters. The number of piperidine rings is 1. The van der Waals surface area contributed by atoms with Gasteiger partial charge in [-0.25, -0.2) is 9.98 Å². The standard InChI is InChI=1S/C21H33N7/c1-4-22-21(24-14-20-25-16-26-27(20)3)23-13-18-5-7-19(8-6-18)15-28-11-9-17(2)10-12-28/h5-8,16-17H,4,9-15H2,1-3H3,(H2,22,23,24). The molecule has 0 radical (unpaired) electrons. The molecule has 1 aromatic carbocycles. The van der Waals surface area contributed by atoms with Crippen molar-refractivity contribution in [1.82, 2.24) is 30.3 Å². The molecule has 7 heteroatoms. The highest BCUT2D eigenvalue weighted by molar-refractivity contribution is 5.79. The average Bonchev–Trinajstić information content (AvgIpc) is 3.12. The third kappa shape index (κ3) is 6.05. The fourth-order valence-electron chi connectivity index (χ4n) is 3.38. The van der Waals surface area contributed by atoms with Crippen LogP contribution in [-0.4, -0.2) is 45.3 Å². The minimum absolute atomic E-state index is 0.593. The van der Waals surface area contributed by atoms with Gasteiger partial charge in [0.25, 0.3) is 0 Å². The van der Waals surface area contributed by atoms with Crippen molar-refractivity contribution in [2.75, 3.05) is 19.6 Å². The Morgan fingerprint density at radius 1 is 1.14 bits per heavy atom. The molecule has 1 aliphatic heterocycles. The van der Waals surface area contributed by atoms with Crippen molar-refractivity contribution in [2.45, 2.75) is 46.3 Å². The highest BCUT2D eigenvalue weighted by Gasteiger charge is 2.15. The minimum atomic E-state index is 0.593. The lowest BCUT2D eigenvalue weighted by Gasteiger charge is -2.30. The van der Waals surface area contributed by atoms with E-state index in [1.807, 2.05) is 7.05 Å². The Kier molecular flexibility index (Phi) is 7.42. The summed E-state index contributed by atoms with van der Waals surface area (Å²) >= 11 is 0. The molecule has 0 aliphatic carbocycles. The van der Waals surface area contributed by atoms with Crippen LogP contribution in [0.2, 0.25) is 0 Å². The van der Waals surface area contributed by atoms with E-state index in [0.717, 1.165) is 30.8 Å². The maximum Gasteiger partial charge on any atom is 0.191 e. The summed E-state index contributed by atoms with van der Waals surface area (Å²) in [7, 11) is 1.89. The van der Waals surface area contributed by atoms with Crippen LogP contribution in [0.5, 0.6) is 0 Å². The van der Waals surface area contributed by atoms with Crippen LogP contribution < -0.4 is 10.6 Å². The van der Waals surface area contributed by atoms with Crippen molar-refractivity contribution in [3.05, 3.63) is 47.5 Å². The van der Waals surface area contributed by atoms with E-state index in [2.05, 4.69) is 63.7 Å². The van der Waals surface area contributed by atoms with Crippen LogP contribution >= 0.6 is 0 Å². The van der Waals surface area contributed by atoms with Crippen molar-refractivity contribution >= 4 is 5.96 Å². The summed E-state index contributed by atoms with van der Waals surface area (Å²) < 4.78 is 1.76. The van der Waals surface area contributed by atoms with Crippen molar-refractivity contribution < 1.29 is 0 Å². The van der Waals surface area contributed by atoms with Crippen LogP contribution in [0, 0.1) is 5.92 Å². The Morgan fingerprint density at radius 2 is 1.86 bits per heavy atom. The van der Waals surface area contributed by atoms with Crippen molar-refractivity contribution in [2.24, 2.45) is 18.0 Å². The van der Waals surface area contributed by atoms with Crippen LogP contribution in [0.15, 0.2) is 35.6 Å². The number of benzene rings is 1. The zero-order valence-corrected chi connectivity index (χ0v) is 17.4. The van der Waals surface area contributed by atoms with Crippen molar-refractivity contribution in [3.63, 3.8) is 0 Å². The molecule has 1 saturated heterocycles. The molecule has 7 nitrogen and oxygen atoms in total. The first-order valence-electron chi connectivity index (χ1n) is 10.3. The molecule has 1 aromatic heterocycles. The number of nitrogens with one attached hydrogen (secondary N) is 2. The van der Waals surface area contributed by atoms with Gasteiger partial charge in [0.2, 0.25) is 0 Å². The van der Waals surface area contributed by atoms with Gasteiger partial charge in [0.1, 0.15) is 12.2 Å². The Morgan fingerprint density at radius 3 is 2.50 bits per heavy atom. The van der Waals surface area contributed by atoms with Gasteiger partial charge in [-0.1, -0.05) is 31.2 Å². The lowest BCUT2D eigenvalue weighted by Crippen LogP contribution is -2.37. The summed E-state index contributed by atoms with van der Waals surface area (Å²) in [6.45, 7) is 9.97. The van der Waals surface area contributed by atoms with Gasteiger partial charge in [0, 0.05) is 20.1 Å². The number of guanidine groups is 1. The molecule has 0 amide bonds. The van der Waals surface area contributed by atoms with E-state index >= 15 is 0 Å². The molecule has 0 bridgehead atoms. The summed E-state index contributed by atoms with van der Waals surface area (Å²) in [6.07, 6.45) is 4.20. The molecule has 0 spiro atoms. The first-order valence-corrected chi connectivity index (χ1v) is 10.3. The molecule has 2 aromatic rings. The molecule has 3 rings (SSSR count). The zero-order chi connectivity index (χ0) is 19.8. The summed E-state index contributed by atoms with van der Waals surface area (Å²) in [4.78, 5) is 11.5. The van der Waals surface area contributed by atoms with E-state index < -0.39 is 0 Å². The van der Waals surface area contributed by atoms with Crippen LogP contribution in [-0.2, 0) is 26.7 Å². The number of aryl methyl sites for hydroxylation is 1. The Hall–Kier alpha value is -2.41. The van der Waals surface area contributed by atoms with Gasteiger partial charge in [-0.3, -0.25) is 9.58 Å². The van der Waals surface area contributed by atoms with Gasteiger partial charge in [-0.05, 0) is 49.9 Å². The van der Waals surface area contributed by atoms with Gasteiger partial charge < -0.3 is 10.6 Å². The Balaban J connectivity index is 1.51. The SMILES string of the molecule is CCNC(=NCc1ccc(CN2CCC(C)CC2)cc1)NCc1ncnn1C. The molecule has 0 saturated carbocycles. The van der Waals surface area contributed by atoms with Crippen LogP contribution in [0.3, 0.4) is 0 Å². The van der Waals surface area contributed by atoms with E-state index in [-0.39, 0.29) is 0 Å². The van der Waals surface area contributed by atoms with E-state index in [1.54, 1.807) is 11.0 Å². The van der Waals surface area contributed by atoms with Crippen LogP contribution in [0.1, 0.15) is 43.6 Å². The molecule has 0 unspecified atom stereocenters. The molecular formula is C21H33N7. The molecular weight excluding hydrogens is 350 g/mol. The lowest BCUT2D eigenvalue weighted by atomic mass is 9.99. The van der Waals surface area contributed by atoms with Crippen LogP contribution in [0.4, 0.5) is 0 Å². The second kappa shape index (κ2) is 10.2. The number of aromatic nitrogens is 3. The number of nitrogens with zero attached hydrogens (tertiary/aromatic N) is 5. The van der Waals surface area contributed by atoms with Gasteiger partial charge in [0.15, 0.2) is 5.96 Å². The van der Waals surface area contributed by atoms with E-state index in [1.165, 1.54) is 37.1 Å². The average molecular weight is 384 g/mol. The van der Waals surface area contributed by atoms with Crippen LogP contribution in [0.25, 0.3) is 0 Å². The first-order chi connectivity index (χ1) is 13.6. The Labute approximate surface area is 168 Å². The summed E-state index contributed by atoms with van der Waals surface area (Å²) in [5, 5.41) is 10.7. The third-order valence-corrected chi connectivity index (χ3v) is 5.29. The summed E-state index contributed by atoms with van der Waals surface area (Å²) in [6, 6.07) is 8.86. The molecule has 1 fully saturated rings. The quantitative estimate of drug-likeness (QED) is 0.567. The normalized spacial score (nSPS) is 16.3. The summed E-state index contributed by atoms with van der Waals surface area (Å²) in [5.74, 6) is 2.55. The third-order valence-electron chi connectivity index (χ3n) is 5.29. The van der Waals surface area contributed by atoms with E-state index in [9.17, 15) is 0 Å². The van der Waals surface area contributed by atoms with Gasteiger partial charge in [0.05, 0.1) is 13.1 Å². The highest BCUT2D eigenvalue weighted by Crippen LogP contribution is 2.18. The Bertz CT molecular complexity index is 742. The molecule has 2 N–H and O–H groups in total. The van der Waals surface area contributed by atoms with Crippen molar-refractivity contribution in [3.8, 4) is 0 Å². The molecule has 2 heterocycles. The second-order valence-electron chi connectivity index (χ2n) is 7.62. The summed E-state index contributed by atoms with van der Waals surface area (Å²) in [5.41, 5.74) is 2.60. The predicted octanol–water partition coefficient (Wildman–Crippen LogP) is 2.30. The minimum Gasteiger partial charge on any atom is -0.357 e. The van der Waals surface area contributed by atoms with Gasteiger partial charge in [-0.2, -0.15) is 5.10 Å². The predicted molar refractivity (Wildman–Crippen MR) is 113 cm³/mol. The van der Waals surface area contributed by atoms with E-state index in [4.69, 9.17) is 4.99 Å². The fraction of sp³-hybridized carbons (Fsp3) is 0.571. The fourth-order valence-corrected chi connectivity index (χ4v) is 3.38. The molecule has 28 heavy (non-hydrogen) atoms. The number of hydrogen-bond acceptors (Lipinski definition) is 4. The first kappa shape index (κ1) is 20.3. The maximum absolute atomic E-state index is 4.69. The number of likely N-dealkylation sites (tertiary alicyclic amines) is 1. The molecule has 152 valence electrons.